The van der Waals surface area contributed by atoms with Crippen LogP contribution in [0.1, 0.15) is 38.1 Å². The molecule has 0 aliphatic heterocycles. The highest BCUT2D eigenvalue weighted by Gasteiger charge is 1.95. The second-order valence-corrected chi connectivity index (χ2v) is 3.01. The Morgan fingerprint density at radius 2 is 1.58 bits per heavy atom. The summed E-state index contributed by atoms with van der Waals surface area (Å²) in [6, 6.07) is 0. The van der Waals surface area contributed by atoms with Crippen LogP contribution in [0.4, 0.5) is 0 Å². The minimum absolute atomic E-state index is 0.970. The van der Waals surface area contributed by atoms with Crippen LogP contribution < -0.4 is 0 Å². The van der Waals surface area contributed by atoms with Crippen LogP contribution in [0.2, 0.25) is 0 Å². The van der Waals surface area contributed by atoms with Crippen LogP contribution in [0.3, 0.4) is 0 Å². The van der Waals surface area contributed by atoms with Gasteiger partial charge in [-0.05, 0) is 18.4 Å². The topological polar surface area (TPSA) is 25.8 Å². The van der Waals surface area contributed by atoms with E-state index >= 15 is 0 Å². The lowest BCUT2D eigenvalue weighted by Gasteiger charge is -1.99. The quantitative estimate of drug-likeness (QED) is 0.682. The van der Waals surface area contributed by atoms with Crippen LogP contribution in [-0.2, 0) is 12.8 Å². The van der Waals surface area contributed by atoms with Crippen LogP contribution in [0.5, 0.6) is 0 Å². The van der Waals surface area contributed by atoms with Gasteiger partial charge in [-0.15, -0.1) is 0 Å². The molecule has 0 amide bonds. The summed E-state index contributed by atoms with van der Waals surface area (Å²) in [7, 11) is 0. The summed E-state index contributed by atoms with van der Waals surface area (Å²) in [4.78, 5) is 8.55. The summed E-state index contributed by atoms with van der Waals surface area (Å²) in [6.07, 6.45) is 8.26. The van der Waals surface area contributed by atoms with E-state index in [9.17, 15) is 0 Å². The molecule has 0 aromatic carbocycles. The number of rotatable bonds is 4. The first-order valence-electron chi connectivity index (χ1n) is 4.66. The van der Waals surface area contributed by atoms with Gasteiger partial charge in [0.1, 0.15) is 5.82 Å². The first-order chi connectivity index (χ1) is 5.86. The largest absolute Gasteiger partial charge is 0.241 e. The molecule has 0 unspecified atom stereocenters. The molecule has 0 aliphatic carbocycles. The molecule has 0 bridgehead atoms. The fourth-order valence-corrected chi connectivity index (χ4v) is 1.15. The minimum Gasteiger partial charge on any atom is -0.241 e. The Kier molecular flexibility index (Phi) is 3.71. The van der Waals surface area contributed by atoms with Crippen LogP contribution in [0.25, 0.3) is 0 Å². The molecule has 0 fully saturated rings. The third kappa shape index (κ3) is 2.61. The second-order valence-electron chi connectivity index (χ2n) is 3.01. The molecular weight excluding hydrogens is 148 g/mol. The molecule has 66 valence electrons. The average Bonchev–Trinajstić information content (AvgIpc) is 2.09. The van der Waals surface area contributed by atoms with E-state index < -0.39 is 0 Å². The second kappa shape index (κ2) is 4.86. The maximum Gasteiger partial charge on any atom is 0.128 e. The van der Waals surface area contributed by atoms with Gasteiger partial charge < -0.3 is 0 Å². The zero-order valence-electron chi connectivity index (χ0n) is 7.88. The summed E-state index contributed by atoms with van der Waals surface area (Å²) in [5.41, 5.74) is 1.25. The van der Waals surface area contributed by atoms with Crippen LogP contribution in [0, 0.1) is 0 Å². The van der Waals surface area contributed by atoms with Gasteiger partial charge in [0.15, 0.2) is 0 Å². The Hall–Kier alpha value is -0.920. The monoisotopic (exact) mass is 164 g/mol. The summed E-state index contributed by atoms with van der Waals surface area (Å²) < 4.78 is 0. The van der Waals surface area contributed by atoms with Gasteiger partial charge in [0.05, 0.1) is 0 Å². The number of hydrogen-bond acceptors (Lipinski definition) is 2. The van der Waals surface area contributed by atoms with Crippen molar-refractivity contribution >= 4 is 0 Å². The van der Waals surface area contributed by atoms with E-state index in [4.69, 9.17) is 0 Å². The summed E-state index contributed by atoms with van der Waals surface area (Å²) in [5.74, 6) is 0.970. The minimum atomic E-state index is 0.970. The van der Waals surface area contributed by atoms with Crippen molar-refractivity contribution < 1.29 is 0 Å². The van der Waals surface area contributed by atoms with E-state index in [1.165, 1.54) is 5.56 Å². The normalized spacial score (nSPS) is 10.2. The van der Waals surface area contributed by atoms with Gasteiger partial charge >= 0.3 is 0 Å². The molecule has 0 spiro atoms. The summed E-state index contributed by atoms with van der Waals surface area (Å²) >= 11 is 0. The molecule has 0 saturated carbocycles. The molecule has 1 aromatic heterocycles. The van der Waals surface area contributed by atoms with Crippen molar-refractivity contribution in [2.45, 2.75) is 39.5 Å². The van der Waals surface area contributed by atoms with Crippen molar-refractivity contribution in [3.05, 3.63) is 23.8 Å². The molecule has 0 aliphatic rings. The lowest BCUT2D eigenvalue weighted by atomic mass is 10.2. The van der Waals surface area contributed by atoms with E-state index in [1.807, 2.05) is 12.4 Å². The maximum atomic E-state index is 4.28. The van der Waals surface area contributed by atoms with Crippen LogP contribution in [0.15, 0.2) is 12.4 Å². The lowest BCUT2D eigenvalue weighted by molar-refractivity contribution is 0.815. The van der Waals surface area contributed by atoms with E-state index in [1.54, 1.807) is 0 Å². The Bertz CT molecular complexity index is 191. The fraction of sp³-hybridized carbons (Fsp3) is 0.600. The van der Waals surface area contributed by atoms with Crippen LogP contribution in [-0.4, -0.2) is 9.97 Å². The Labute approximate surface area is 74.1 Å². The predicted octanol–water partition coefficient (Wildman–Crippen LogP) is 2.38. The van der Waals surface area contributed by atoms with Gasteiger partial charge in [-0.3, -0.25) is 0 Å². The lowest BCUT2D eigenvalue weighted by Crippen LogP contribution is -1.95. The third-order valence-electron chi connectivity index (χ3n) is 1.77. The van der Waals surface area contributed by atoms with Gasteiger partial charge in [-0.2, -0.15) is 0 Å². The first kappa shape index (κ1) is 9.17. The molecule has 12 heavy (non-hydrogen) atoms. The fourth-order valence-electron chi connectivity index (χ4n) is 1.15. The Morgan fingerprint density at radius 3 is 2.08 bits per heavy atom. The standard InChI is InChI=1S/C10H16N2/c1-3-5-9-7-11-10(6-4-2)12-8-9/h7-8H,3-6H2,1-2H3. The van der Waals surface area contributed by atoms with E-state index in [-0.39, 0.29) is 0 Å². The summed E-state index contributed by atoms with van der Waals surface area (Å²) in [6.45, 7) is 4.31. The van der Waals surface area contributed by atoms with Crippen molar-refractivity contribution in [3.63, 3.8) is 0 Å². The van der Waals surface area contributed by atoms with Crippen molar-refractivity contribution in [1.29, 1.82) is 0 Å². The highest BCUT2D eigenvalue weighted by atomic mass is 14.9. The number of aromatic nitrogens is 2. The van der Waals surface area contributed by atoms with Crippen molar-refractivity contribution in [3.8, 4) is 0 Å². The highest BCUT2D eigenvalue weighted by Crippen LogP contribution is 2.01. The van der Waals surface area contributed by atoms with Gasteiger partial charge in [-0.1, -0.05) is 20.3 Å². The van der Waals surface area contributed by atoms with Gasteiger partial charge in [-0.25, -0.2) is 9.97 Å². The number of nitrogens with zero attached hydrogens (tertiary/aromatic N) is 2. The SMILES string of the molecule is CCCc1cnc(CCC)nc1. The molecule has 0 N–H and O–H groups in total. The smallest absolute Gasteiger partial charge is 0.128 e. The molecule has 1 aromatic rings. The maximum absolute atomic E-state index is 4.28. The number of hydrogen-bond donors (Lipinski definition) is 0. The molecule has 0 radical (unpaired) electrons. The van der Waals surface area contributed by atoms with E-state index in [0.29, 0.717) is 0 Å². The zero-order chi connectivity index (χ0) is 8.81. The van der Waals surface area contributed by atoms with Gasteiger partial charge in [0, 0.05) is 18.8 Å². The Morgan fingerprint density at radius 1 is 1.00 bits per heavy atom. The highest BCUT2D eigenvalue weighted by molar-refractivity contribution is 5.05. The number of aryl methyl sites for hydroxylation is 2. The van der Waals surface area contributed by atoms with Crippen molar-refractivity contribution in [2.24, 2.45) is 0 Å². The van der Waals surface area contributed by atoms with Crippen LogP contribution >= 0.6 is 0 Å². The molecule has 0 atom stereocenters. The molecule has 1 rings (SSSR count). The van der Waals surface area contributed by atoms with Gasteiger partial charge in [0.2, 0.25) is 0 Å². The third-order valence-corrected chi connectivity index (χ3v) is 1.77. The predicted molar refractivity (Wildman–Crippen MR) is 50.0 cm³/mol. The van der Waals surface area contributed by atoms with Crippen molar-refractivity contribution in [2.75, 3.05) is 0 Å². The van der Waals surface area contributed by atoms with E-state index in [2.05, 4.69) is 23.8 Å². The Balaban J connectivity index is 2.58. The molecule has 2 nitrogen and oxygen atoms in total. The van der Waals surface area contributed by atoms with Gasteiger partial charge in [0.25, 0.3) is 0 Å². The summed E-state index contributed by atoms with van der Waals surface area (Å²) in [5, 5.41) is 0. The molecular formula is C10H16N2. The van der Waals surface area contributed by atoms with Crippen molar-refractivity contribution in [1.82, 2.24) is 9.97 Å². The first-order valence-corrected chi connectivity index (χ1v) is 4.66. The van der Waals surface area contributed by atoms with E-state index in [0.717, 1.165) is 31.5 Å². The zero-order valence-corrected chi connectivity index (χ0v) is 7.88. The molecule has 0 saturated heterocycles. The molecule has 1 heterocycles. The molecule has 2 heteroatoms. The average molecular weight is 164 g/mol.